The maximum Gasteiger partial charge on any atom is 0.230 e. The Morgan fingerprint density at radius 1 is 1.22 bits per heavy atom. The minimum atomic E-state index is 0.145. The van der Waals surface area contributed by atoms with Gasteiger partial charge in [-0.2, -0.15) is 0 Å². The van der Waals surface area contributed by atoms with E-state index in [1.165, 1.54) is 61.5 Å². The highest BCUT2D eigenvalue weighted by Gasteiger charge is 2.40. The first-order valence-corrected chi connectivity index (χ1v) is 9.96. The molecule has 23 heavy (non-hydrogen) atoms. The van der Waals surface area contributed by atoms with Gasteiger partial charge in [0.05, 0.1) is 5.75 Å². The SMILES string of the molecule is Cc1nc(SCC(=O)N[C@@H]2C[C@H]3CC[C@H]2C3)nc2c1CCCC2. The summed E-state index contributed by atoms with van der Waals surface area (Å²) in [5, 5.41) is 4.01. The summed E-state index contributed by atoms with van der Waals surface area (Å²) in [6.45, 7) is 2.07. The van der Waals surface area contributed by atoms with Gasteiger partial charge in [-0.15, -0.1) is 0 Å². The summed E-state index contributed by atoms with van der Waals surface area (Å²) in [5.41, 5.74) is 3.65. The molecule has 3 aliphatic carbocycles. The van der Waals surface area contributed by atoms with Crippen LogP contribution in [-0.4, -0.2) is 27.7 Å². The van der Waals surface area contributed by atoms with E-state index in [0.717, 1.165) is 35.5 Å². The van der Waals surface area contributed by atoms with Gasteiger partial charge < -0.3 is 5.32 Å². The van der Waals surface area contributed by atoms with Crippen molar-refractivity contribution in [2.75, 3.05) is 5.75 Å². The zero-order chi connectivity index (χ0) is 15.8. The average molecular weight is 331 g/mol. The molecule has 1 aromatic heterocycles. The number of carbonyl (C=O) groups is 1. The summed E-state index contributed by atoms with van der Waals surface area (Å²) in [6, 6.07) is 0.424. The quantitative estimate of drug-likeness (QED) is 0.680. The number of rotatable bonds is 4. The van der Waals surface area contributed by atoms with Crippen LogP contribution in [0.2, 0.25) is 0 Å². The molecular formula is C18H25N3OS. The van der Waals surface area contributed by atoms with Crippen molar-refractivity contribution in [2.45, 2.75) is 69.5 Å². The Morgan fingerprint density at radius 3 is 2.87 bits per heavy atom. The van der Waals surface area contributed by atoms with Crippen LogP contribution in [0.25, 0.3) is 0 Å². The van der Waals surface area contributed by atoms with Gasteiger partial charge in [0.1, 0.15) is 0 Å². The number of nitrogens with zero attached hydrogens (tertiary/aromatic N) is 2. The van der Waals surface area contributed by atoms with Gasteiger partial charge in [-0.25, -0.2) is 9.97 Å². The second kappa shape index (κ2) is 6.42. The molecule has 0 saturated heterocycles. The first kappa shape index (κ1) is 15.4. The first-order valence-electron chi connectivity index (χ1n) is 8.97. The molecule has 0 spiro atoms. The van der Waals surface area contributed by atoms with E-state index in [0.29, 0.717) is 11.8 Å². The number of carbonyl (C=O) groups excluding carboxylic acids is 1. The Labute approximate surface area is 142 Å². The number of aromatic nitrogens is 2. The van der Waals surface area contributed by atoms with Crippen LogP contribution < -0.4 is 5.32 Å². The molecule has 1 aromatic rings. The predicted octanol–water partition coefficient (Wildman–Crippen LogP) is 3.06. The predicted molar refractivity (Wildman–Crippen MR) is 91.5 cm³/mol. The van der Waals surface area contributed by atoms with E-state index < -0.39 is 0 Å². The number of nitrogens with one attached hydrogen (secondary N) is 1. The molecule has 2 saturated carbocycles. The molecule has 5 heteroatoms. The Hall–Kier alpha value is -1.10. The molecule has 2 bridgehead atoms. The third-order valence-electron chi connectivity index (χ3n) is 5.79. The smallest absolute Gasteiger partial charge is 0.230 e. The summed E-state index contributed by atoms with van der Waals surface area (Å²) < 4.78 is 0. The molecule has 3 aliphatic rings. The third-order valence-corrected chi connectivity index (χ3v) is 6.63. The van der Waals surface area contributed by atoms with Crippen molar-refractivity contribution in [3.05, 3.63) is 17.0 Å². The van der Waals surface area contributed by atoms with Crippen molar-refractivity contribution >= 4 is 17.7 Å². The van der Waals surface area contributed by atoms with Gasteiger partial charge in [-0.1, -0.05) is 18.2 Å². The van der Waals surface area contributed by atoms with Crippen LogP contribution in [0.1, 0.15) is 55.5 Å². The lowest BCUT2D eigenvalue weighted by molar-refractivity contribution is -0.119. The number of thioether (sulfide) groups is 1. The maximum atomic E-state index is 12.2. The molecule has 0 aliphatic heterocycles. The zero-order valence-corrected chi connectivity index (χ0v) is 14.6. The molecule has 0 radical (unpaired) electrons. The third kappa shape index (κ3) is 3.25. The van der Waals surface area contributed by atoms with Crippen molar-refractivity contribution in [3.8, 4) is 0 Å². The zero-order valence-electron chi connectivity index (χ0n) is 13.8. The van der Waals surface area contributed by atoms with Crippen molar-refractivity contribution in [2.24, 2.45) is 11.8 Å². The van der Waals surface area contributed by atoms with E-state index in [1.54, 1.807) is 0 Å². The van der Waals surface area contributed by atoms with Crippen molar-refractivity contribution < 1.29 is 4.79 Å². The Bertz CT molecular complexity index is 619. The molecular weight excluding hydrogens is 306 g/mol. The van der Waals surface area contributed by atoms with Crippen LogP contribution in [0.5, 0.6) is 0 Å². The van der Waals surface area contributed by atoms with E-state index in [1.807, 2.05) is 0 Å². The van der Waals surface area contributed by atoms with Gasteiger partial charge in [0.2, 0.25) is 5.91 Å². The minimum Gasteiger partial charge on any atom is -0.352 e. The highest BCUT2D eigenvalue weighted by molar-refractivity contribution is 7.99. The molecule has 4 rings (SSSR count). The van der Waals surface area contributed by atoms with Crippen LogP contribution in [0, 0.1) is 18.8 Å². The lowest BCUT2D eigenvalue weighted by Gasteiger charge is -2.22. The maximum absolute atomic E-state index is 12.2. The van der Waals surface area contributed by atoms with Crippen LogP contribution in [0.3, 0.4) is 0 Å². The van der Waals surface area contributed by atoms with Gasteiger partial charge >= 0.3 is 0 Å². The lowest BCUT2D eigenvalue weighted by atomic mass is 9.95. The first-order chi connectivity index (χ1) is 11.2. The van der Waals surface area contributed by atoms with E-state index in [-0.39, 0.29) is 5.91 Å². The Morgan fingerprint density at radius 2 is 2.09 bits per heavy atom. The summed E-state index contributed by atoms with van der Waals surface area (Å²) in [5.74, 6) is 2.18. The molecule has 1 heterocycles. The molecule has 2 fully saturated rings. The average Bonchev–Trinajstić information content (AvgIpc) is 3.16. The van der Waals surface area contributed by atoms with Crippen molar-refractivity contribution in [1.29, 1.82) is 0 Å². The van der Waals surface area contributed by atoms with Crippen LogP contribution in [-0.2, 0) is 17.6 Å². The number of aryl methyl sites for hydroxylation is 2. The summed E-state index contributed by atoms with van der Waals surface area (Å²) >= 11 is 1.48. The van der Waals surface area contributed by atoms with Crippen LogP contribution >= 0.6 is 11.8 Å². The van der Waals surface area contributed by atoms with Crippen molar-refractivity contribution in [1.82, 2.24) is 15.3 Å². The number of hydrogen-bond donors (Lipinski definition) is 1. The van der Waals surface area contributed by atoms with Gasteiger partial charge in [0, 0.05) is 17.4 Å². The van der Waals surface area contributed by atoms with Crippen molar-refractivity contribution in [3.63, 3.8) is 0 Å². The molecule has 4 nitrogen and oxygen atoms in total. The topological polar surface area (TPSA) is 54.9 Å². The fraction of sp³-hybridized carbons (Fsp3) is 0.722. The normalized spacial score (nSPS) is 28.7. The summed E-state index contributed by atoms with van der Waals surface area (Å²) in [4.78, 5) is 21.5. The second-order valence-electron chi connectivity index (χ2n) is 7.36. The highest BCUT2D eigenvalue weighted by Crippen LogP contribution is 2.44. The van der Waals surface area contributed by atoms with E-state index in [2.05, 4.69) is 22.2 Å². The number of hydrogen-bond acceptors (Lipinski definition) is 4. The Balaban J connectivity index is 1.33. The number of fused-ring (bicyclic) bond motifs is 3. The summed E-state index contributed by atoms with van der Waals surface area (Å²) in [6.07, 6.45) is 9.82. The highest BCUT2D eigenvalue weighted by atomic mass is 32.2. The molecule has 1 N–H and O–H groups in total. The van der Waals surface area contributed by atoms with Gasteiger partial charge in [-0.3, -0.25) is 4.79 Å². The monoisotopic (exact) mass is 331 g/mol. The largest absolute Gasteiger partial charge is 0.352 e. The fourth-order valence-corrected chi connectivity index (χ4v) is 5.34. The standard InChI is InChI=1S/C18H25N3OS/c1-11-14-4-2-3-5-15(14)21-18(19-11)23-10-17(22)20-16-9-12-6-7-13(16)8-12/h12-13,16H,2-10H2,1H3,(H,20,22)/t12-,13-,16+/m0/s1. The number of amides is 1. The van der Waals surface area contributed by atoms with E-state index in [9.17, 15) is 4.79 Å². The lowest BCUT2D eigenvalue weighted by Crippen LogP contribution is -2.39. The van der Waals surface area contributed by atoms with Crippen LogP contribution in [0.15, 0.2) is 5.16 Å². The van der Waals surface area contributed by atoms with Gasteiger partial charge in [-0.05, 0) is 69.3 Å². The van der Waals surface area contributed by atoms with E-state index >= 15 is 0 Å². The second-order valence-corrected chi connectivity index (χ2v) is 8.30. The summed E-state index contributed by atoms with van der Waals surface area (Å²) in [7, 11) is 0. The van der Waals surface area contributed by atoms with Crippen LogP contribution in [0.4, 0.5) is 0 Å². The molecule has 0 unspecified atom stereocenters. The molecule has 1 amide bonds. The van der Waals surface area contributed by atoms with Gasteiger partial charge in [0.25, 0.3) is 0 Å². The molecule has 0 aromatic carbocycles. The minimum absolute atomic E-state index is 0.145. The van der Waals surface area contributed by atoms with Gasteiger partial charge in [0.15, 0.2) is 5.16 Å². The molecule has 3 atom stereocenters. The Kier molecular flexibility index (Phi) is 4.31. The fourth-order valence-electron chi connectivity index (χ4n) is 4.62. The molecule has 124 valence electrons. The van der Waals surface area contributed by atoms with E-state index in [4.69, 9.17) is 0 Å².